The monoisotopic (exact) mass is 251 g/mol. The van der Waals surface area contributed by atoms with Crippen LogP contribution in [0.5, 0.6) is 0 Å². The van der Waals surface area contributed by atoms with E-state index in [0.29, 0.717) is 0 Å². The fourth-order valence-corrected chi connectivity index (χ4v) is 1.55. The summed E-state index contributed by atoms with van der Waals surface area (Å²) in [7, 11) is 0. The number of carbonyl (C=O) groups excluding carboxylic acids is 1. The quantitative estimate of drug-likeness (QED) is 0.776. The highest BCUT2D eigenvalue weighted by atomic mass is 16.5. The molecule has 1 heterocycles. The summed E-state index contributed by atoms with van der Waals surface area (Å²) in [6.45, 7) is 10.4. The second-order valence-corrected chi connectivity index (χ2v) is 5.43. The van der Waals surface area contributed by atoms with Gasteiger partial charge in [-0.2, -0.15) is 0 Å². The molecule has 0 aliphatic rings. The first-order valence-corrected chi connectivity index (χ1v) is 6.16. The molecular weight excluding hydrogens is 230 g/mol. The fourth-order valence-electron chi connectivity index (χ4n) is 1.55. The van der Waals surface area contributed by atoms with Crippen molar-refractivity contribution in [1.29, 1.82) is 0 Å². The van der Waals surface area contributed by atoms with Crippen LogP contribution in [-0.4, -0.2) is 17.1 Å². The molecule has 18 heavy (non-hydrogen) atoms. The molecule has 0 N–H and O–H groups in total. The summed E-state index contributed by atoms with van der Waals surface area (Å²) in [5.74, 6) is -0.557. The molecule has 4 heteroatoms. The standard InChI is InChI=1S/C14H21NO3/c1-6-18-13(17)11-9-15(8-7-12(11)16)10(2)14(3,4)5/h7-10H,6H2,1-5H3. The SMILES string of the molecule is CCOC(=O)c1cn(C(C)C(C)(C)C)ccc1=O. The molecule has 1 atom stereocenters. The lowest BCUT2D eigenvalue weighted by Crippen LogP contribution is -2.25. The Kier molecular flexibility index (Phi) is 4.33. The first-order valence-electron chi connectivity index (χ1n) is 6.16. The number of carbonyl (C=O) groups is 1. The first-order chi connectivity index (χ1) is 8.27. The van der Waals surface area contributed by atoms with Gasteiger partial charge in [0.2, 0.25) is 0 Å². The molecule has 0 spiro atoms. The van der Waals surface area contributed by atoms with Crippen LogP contribution in [0.25, 0.3) is 0 Å². The van der Waals surface area contributed by atoms with Gasteiger partial charge in [0.15, 0.2) is 5.43 Å². The van der Waals surface area contributed by atoms with Crippen LogP contribution in [0.1, 0.15) is 51.0 Å². The molecule has 0 saturated carbocycles. The molecule has 1 rings (SSSR count). The highest BCUT2D eigenvalue weighted by Gasteiger charge is 2.22. The van der Waals surface area contributed by atoms with Crippen LogP contribution >= 0.6 is 0 Å². The number of ether oxygens (including phenoxy) is 1. The number of nitrogens with zero attached hydrogens (tertiary/aromatic N) is 1. The Morgan fingerprint density at radius 1 is 1.44 bits per heavy atom. The number of hydrogen-bond acceptors (Lipinski definition) is 3. The Morgan fingerprint density at radius 3 is 2.56 bits per heavy atom. The lowest BCUT2D eigenvalue weighted by atomic mass is 9.88. The number of esters is 1. The van der Waals surface area contributed by atoms with Gasteiger partial charge in [-0.05, 0) is 19.3 Å². The highest BCUT2D eigenvalue weighted by Crippen LogP contribution is 2.29. The Bertz CT molecular complexity index is 483. The van der Waals surface area contributed by atoms with Crippen molar-refractivity contribution in [2.45, 2.75) is 40.7 Å². The van der Waals surface area contributed by atoms with Gasteiger partial charge >= 0.3 is 5.97 Å². The maximum atomic E-state index is 11.7. The molecule has 0 bridgehead atoms. The molecule has 0 saturated heterocycles. The van der Waals surface area contributed by atoms with E-state index >= 15 is 0 Å². The predicted octanol–water partition coefficient (Wildman–Crippen LogP) is 2.63. The third-order valence-electron chi connectivity index (χ3n) is 3.14. The summed E-state index contributed by atoms with van der Waals surface area (Å²) in [5, 5.41) is 0. The van der Waals surface area contributed by atoms with Crippen molar-refractivity contribution in [3.63, 3.8) is 0 Å². The van der Waals surface area contributed by atoms with Gasteiger partial charge in [0.1, 0.15) is 5.56 Å². The molecular formula is C14H21NO3. The van der Waals surface area contributed by atoms with Gasteiger partial charge in [0.05, 0.1) is 6.61 Å². The van der Waals surface area contributed by atoms with E-state index in [2.05, 4.69) is 27.7 Å². The molecule has 100 valence electrons. The molecule has 1 unspecified atom stereocenters. The molecule has 0 amide bonds. The number of pyridine rings is 1. The summed E-state index contributed by atoms with van der Waals surface area (Å²) < 4.78 is 6.76. The van der Waals surface area contributed by atoms with Gasteiger partial charge in [-0.15, -0.1) is 0 Å². The molecule has 0 aliphatic carbocycles. The van der Waals surface area contributed by atoms with Crippen molar-refractivity contribution >= 4 is 5.97 Å². The van der Waals surface area contributed by atoms with Crippen molar-refractivity contribution < 1.29 is 9.53 Å². The molecule has 0 radical (unpaired) electrons. The van der Waals surface area contributed by atoms with Gasteiger partial charge in [-0.1, -0.05) is 20.8 Å². The number of hydrogen-bond donors (Lipinski definition) is 0. The van der Waals surface area contributed by atoms with E-state index in [4.69, 9.17) is 4.74 Å². The van der Waals surface area contributed by atoms with Crippen LogP contribution in [0.15, 0.2) is 23.3 Å². The van der Waals surface area contributed by atoms with E-state index in [1.807, 2.05) is 4.57 Å². The van der Waals surface area contributed by atoms with Gasteiger partial charge in [-0.3, -0.25) is 4.79 Å². The summed E-state index contributed by atoms with van der Waals surface area (Å²) in [6.07, 6.45) is 3.29. The minimum absolute atomic E-state index is 0.0427. The lowest BCUT2D eigenvalue weighted by Gasteiger charge is -2.29. The van der Waals surface area contributed by atoms with Crippen LogP contribution < -0.4 is 5.43 Å². The zero-order chi connectivity index (χ0) is 13.9. The van der Waals surface area contributed by atoms with Crippen molar-refractivity contribution in [2.24, 2.45) is 5.41 Å². The minimum Gasteiger partial charge on any atom is -0.462 e. The Morgan fingerprint density at radius 2 is 2.06 bits per heavy atom. The van der Waals surface area contributed by atoms with Crippen LogP contribution in [0.4, 0.5) is 0 Å². The zero-order valence-electron chi connectivity index (χ0n) is 11.7. The van der Waals surface area contributed by atoms with Crippen molar-refractivity contribution in [3.8, 4) is 0 Å². The second-order valence-electron chi connectivity index (χ2n) is 5.43. The summed E-state index contributed by atoms with van der Waals surface area (Å²) >= 11 is 0. The largest absolute Gasteiger partial charge is 0.462 e. The highest BCUT2D eigenvalue weighted by molar-refractivity contribution is 5.88. The Hall–Kier alpha value is -1.58. The maximum absolute atomic E-state index is 11.7. The fraction of sp³-hybridized carbons (Fsp3) is 0.571. The van der Waals surface area contributed by atoms with E-state index in [1.54, 1.807) is 19.3 Å². The van der Waals surface area contributed by atoms with Crippen molar-refractivity contribution in [2.75, 3.05) is 6.61 Å². The molecule has 0 aliphatic heterocycles. The topological polar surface area (TPSA) is 48.3 Å². The van der Waals surface area contributed by atoms with Gasteiger partial charge in [0.25, 0.3) is 0 Å². The maximum Gasteiger partial charge on any atom is 0.343 e. The van der Waals surface area contributed by atoms with Crippen molar-refractivity contribution in [3.05, 3.63) is 34.2 Å². The first kappa shape index (κ1) is 14.5. The summed E-state index contributed by atoms with van der Waals surface area (Å²) in [5.41, 5.74) is -0.165. The predicted molar refractivity (Wildman–Crippen MR) is 70.8 cm³/mol. The third kappa shape index (κ3) is 3.22. The van der Waals surface area contributed by atoms with Crippen LogP contribution in [-0.2, 0) is 4.74 Å². The Balaban J connectivity index is 3.16. The molecule has 1 aromatic rings. The molecule has 0 fully saturated rings. The molecule has 4 nitrogen and oxygen atoms in total. The van der Waals surface area contributed by atoms with Crippen LogP contribution in [0, 0.1) is 5.41 Å². The van der Waals surface area contributed by atoms with E-state index < -0.39 is 5.97 Å². The molecule has 0 aromatic carbocycles. The summed E-state index contributed by atoms with van der Waals surface area (Å²) in [4.78, 5) is 23.3. The van der Waals surface area contributed by atoms with E-state index in [1.165, 1.54) is 6.07 Å². The number of aromatic nitrogens is 1. The van der Waals surface area contributed by atoms with Gasteiger partial charge in [0, 0.05) is 24.5 Å². The van der Waals surface area contributed by atoms with E-state index in [-0.39, 0.29) is 29.1 Å². The smallest absolute Gasteiger partial charge is 0.343 e. The second kappa shape index (κ2) is 5.38. The minimum atomic E-state index is -0.557. The average Bonchev–Trinajstić information content (AvgIpc) is 2.27. The van der Waals surface area contributed by atoms with E-state index in [9.17, 15) is 9.59 Å². The number of rotatable bonds is 3. The molecule has 1 aromatic heterocycles. The van der Waals surface area contributed by atoms with Gasteiger partial charge < -0.3 is 9.30 Å². The lowest BCUT2D eigenvalue weighted by molar-refractivity contribution is 0.0523. The third-order valence-corrected chi connectivity index (χ3v) is 3.14. The summed E-state index contributed by atoms with van der Waals surface area (Å²) in [6, 6.07) is 1.58. The normalized spacial score (nSPS) is 13.2. The Labute approximate surface area is 108 Å². The van der Waals surface area contributed by atoms with Crippen LogP contribution in [0.3, 0.4) is 0 Å². The van der Waals surface area contributed by atoms with Gasteiger partial charge in [-0.25, -0.2) is 4.79 Å². The van der Waals surface area contributed by atoms with E-state index in [0.717, 1.165) is 0 Å². The average molecular weight is 251 g/mol. The zero-order valence-corrected chi connectivity index (χ0v) is 11.7. The van der Waals surface area contributed by atoms with Crippen molar-refractivity contribution in [1.82, 2.24) is 4.57 Å². The van der Waals surface area contributed by atoms with Crippen LogP contribution in [0.2, 0.25) is 0 Å².